The summed E-state index contributed by atoms with van der Waals surface area (Å²) in [6.07, 6.45) is -0.553. The lowest BCUT2D eigenvalue weighted by Gasteiger charge is -2.18. The molecule has 0 fully saturated rings. The van der Waals surface area contributed by atoms with Gasteiger partial charge in [-0.1, -0.05) is 17.8 Å². The summed E-state index contributed by atoms with van der Waals surface area (Å²) < 4.78 is 5.18. The first-order valence-electron chi connectivity index (χ1n) is 6.94. The van der Waals surface area contributed by atoms with Crippen molar-refractivity contribution in [3.05, 3.63) is 45.8 Å². The lowest BCUT2D eigenvalue weighted by atomic mass is 10.0. The maximum atomic E-state index is 12.1. The van der Waals surface area contributed by atoms with Crippen molar-refractivity contribution in [2.24, 2.45) is 0 Å². The molecular formula is C16H16O6S. The van der Waals surface area contributed by atoms with Crippen molar-refractivity contribution in [3.63, 3.8) is 0 Å². The van der Waals surface area contributed by atoms with Gasteiger partial charge in [0.05, 0.1) is 17.1 Å². The fraction of sp³-hybridized carbons (Fsp3) is 0.312. The van der Waals surface area contributed by atoms with E-state index in [1.807, 2.05) is 0 Å². The molecule has 0 aliphatic heterocycles. The molecule has 6 nitrogen and oxygen atoms in total. The van der Waals surface area contributed by atoms with Crippen LogP contribution in [0.5, 0.6) is 0 Å². The second-order valence-corrected chi connectivity index (χ2v) is 6.31. The Bertz CT molecular complexity index is 782. The number of benzene rings is 1. The third-order valence-electron chi connectivity index (χ3n) is 3.38. The normalized spacial score (nSPS) is 13.7. The summed E-state index contributed by atoms with van der Waals surface area (Å²) in [5, 5.41) is 20.3. The van der Waals surface area contributed by atoms with Crippen molar-refractivity contribution >= 4 is 34.1 Å². The second-order valence-electron chi connectivity index (χ2n) is 5.03. The molecule has 23 heavy (non-hydrogen) atoms. The van der Waals surface area contributed by atoms with Crippen LogP contribution in [-0.2, 0) is 4.79 Å². The molecule has 2 aromatic rings. The van der Waals surface area contributed by atoms with Crippen LogP contribution in [-0.4, -0.2) is 33.5 Å². The van der Waals surface area contributed by atoms with Gasteiger partial charge in [-0.2, -0.15) is 0 Å². The molecule has 0 aliphatic rings. The molecule has 0 saturated carbocycles. The van der Waals surface area contributed by atoms with Crippen LogP contribution in [0.1, 0.15) is 35.4 Å². The number of carbonyl (C=O) groups excluding carboxylic acids is 2. The maximum absolute atomic E-state index is 12.1. The van der Waals surface area contributed by atoms with Gasteiger partial charge in [-0.25, -0.2) is 0 Å². The number of fused-ring (bicyclic) bond motifs is 1. The van der Waals surface area contributed by atoms with E-state index >= 15 is 0 Å². The van der Waals surface area contributed by atoms with Crippen molar-refractivity contribution in [2.75, 3.05) is 5.75 Å². The molecule has 0 aliphatic carbocycles. The highest BCUT2D eigenvalue weighted by atomic mass is 32.2. The zero-order valence-corrected chi connectivity index (χ0v) is 13.2. The fourth-order valence-electron chi connectivity index (χ4n) is 2.13. The minimum Gasteiger partial charge on any atom is -0.463 e. The number of aldehydes is 1. The molecular weight excluding hydrogens is 320 g/mol. The van der Waals surface area contributed by atoms with E-state index in [9.17, 15) is 24.6 Å². The van der Waals surface area contributed by atoms with E-state index < -0.39 is 17.6 Å². The Balaban J connectivity index is 2.25. The van der Waals surface area contributed by atoms with Crippen LogP contribution in [0, 0.1) is 0 Å². The van der Waals surface area contributed by atoms with Crippen molar-refractivity contribution in [2.45, 2.75) is 25.6 Å². The predicted octanol–water partition coefficient (Wildman–Crippen LogP) is 1.67. The molecule has 2 N–H and O–H groups in total. The third kappa shape index (κ3) is 4.07. The average Bonchev–Trinajstić information content (AvgIpc) is 2.54. The van der Waals surface area contributed by atoms with Crippen LogP contribution < -0.4 is 5.43 Å². The van der Waals surface area contributed by atoms with Gasteiger partial charge in [-0.15, -0.1) is 0 Å². The lowest BCUT2D eigenvalue weighted by Crippen LogP contribution is -2.19. The molecule has 1 aromatic carbocycles. The predicted molar refractivity (Wildman–Crippen MR) is 86.6 cm³/mol. The average molecular weight is 336 g/mol. The first-order valence-corrected chi connectivity index (χ1v) is 7.92. The van der Waals surface area contributed by atoms with Gasteiger partial charge in [0.25, 0.3) is 0 Å². The summed E-state index contributed by atoms with van der Waals surface area (Å²) in [6.45, 7) is 1.43. The zero-order chi connectivity index (χ0) is 17.0. The van der Waals surface area contributed by atoms with E-state index in [2.05, 4.69) is 0 Å². The van der Waals surface area contributed by atoms with Crippen molar-refractivity contribution in [1.29, 1.82) is 0 Å². The smallest absolute Gasteiger partial charge is 0.203 e. The number of thioether (sulfide) groups is 1. The van der Waals surface area contributed by atoms with Gasteiger partial charge in [0, 0.05) is 12.7 Å². The van der Waals surface area contributed by atoms with Gasteiger partial charge in [-0.3, -0.25) is 14.4 Å². The second kappa shape index (κ2) is 7.54. The summed E-state index contributed by atoms with van der Waals surface area (Å²) >= 11 is 1.07. The number of aliphatic hydroxyl groups excluding tert-OH is 2. The van der Waals surface area contributed by atoms with E-state index in [-0.39, 0.29) is 28.1 Å². The van der Waals surface area contributed by atoms with Crippen molar-refractivity contribution in [3.8, 4) is 0 Å². The molecule has 2 unspecified atom stereocenters. The molecule has 1 heterocycles. The summed E-state index contributed by atoms with van der Waals surface area (Å²) in [4.78, 5) is 33.7. The summed E-state index contributed by atoms with van der Waals surface area (Å²) in [7, 11) is 0. The monoisotopic (exact) mass is 336 g/mol. The minimum atomic E-state index is -1.20. The van der Waals surface area contributed by atoms with Crippen LogP contribution >= 0.6 is 11.8 Å². The van der Waals surface area contributed by atoms with Crippen LogP contribution in [0.2, 0.25) is 0 Å². The molecule has 122 valence electrons. The van der Waals surface area contributed by atoms with Gasteiger partial charge < -0.3 is 14.6 Å². The Hall–Kier alpha value is -1.96. The number of aliphatic hydroxyl groups is 2. The van der Waals surface area contributed by atoms with Gasteiger partial charge in [0.15, 0.2) is 11.4 Å². The van der Waals surface area contributed by atoms with E-state index in [4.69, 9.17) is 4.42 Å². The van der Waals surface area contributed by atoms with Crippen LogP contribution in [0.3, 0.4) is 0 Å². The molecule has 0 bridgehead atoms. The molecule has 0 spiro atoms. The van der Waals surface area contributed by atoms with E-state index in [1.165, 1.54) is 25.1 Å². The minimum absolute atomic E-state index is 0.0589. The first-order chi connectivity index (χ1) is 10.9. The van der Waals surface area contributed by atoms with E-state index in [0.29, 0.717) is 17.6 Å². The number of hydrogen-bond donors (Lipinski definition) is 2. The molecule has 7 heteroatoms. The van der Waals surface area contributed by atoms with Gasteiger partial charge in [-0.05, 0) is 24.1 Å². The van der Waals surface area contributed by atoms with Crippen molar-refractivity contribution < 1.29 is 24.2 Å². The topological polar surface area (TPSA) is 105 Å². The number of rotatable bonds is 6. The van der Waals surface area contributed by atoms with Gasteiger partial charge in [0.1, 0.15) is 18.0 Å². The SMILES string of the molecule is CC(=O)SCCC(O)C(O)c1ccc2occ(C=O)c(=O)c2c1. The fourth-order valence-corrected chi connectivity index (χ4v) is 2.78. The summed E-state index contributed by atoms with van der Waals surface area (Å²) in [6, 6.07) is 4.44. The van der Waals surface area contributed by atoms with E-state index in [1.54, 1.807) is 0 Å². The van der Waals surface area contributed by atoms with Crippen LogP contribution in [0.4, 0.5) is 0 Å². The zero-order valence-electron chi connectivity index (χ0n) is 12.4. The standard InChI is InChI=1S/C16H16O6S/c1-9(18)23-5-4-13(19)16(21)10-2-3-14-12(6-10)15(20)11(7-17)8-22-14/h2-3,6-8,13,16,19,21H,4-5H2,1H3. The highest BCUT2D eigenvalue weighted by Gasteiger charge is 2.19. The summed E-state index contributed by atoms with van der Waals surface area (Å²) in [5.41, 5.74) is 0.0332. The van der Waals surface area contributed by atoms with Crippen LogP contribution in [0.25, 0.3) is 11.0 Å². The van der Waals surface area contributed by atoms with Gasteiger partial charge >= 0.3 is 0 Å². The van der Waals surface area contributed by atoms with E-state index in [0.717, 1.165) is 18.0 Å². The molecule has 0 amide bonds. The lowest BCUT2D eigenvalue weighted by molar-refractivity contribution is -0.109. The third-order valence-corrected chi connectivity index (χ3v) is 4.22. The van der Waals surface area contributed by atoms with Gasteiger partial charge in [0.2, 0.25) is 5.43 Å². The maximum Gasteiger partial charge on any atom is 0.203 e. The number of hydrogen-bond acceptors (Lipinski definition) is 7. The molecule has 0 radical (unpaired) electrons. The Morgan fingerprint density at radius 1 is 1.39 bits per heavy atom. The summed E-state index contributed by atoms with van der Waals surface area (Å²) in [5.74, 6) is 0.387. The largest absolute Gasteiger partial charge is 0.463 e. The highest BCUT2D eigenvalue weighted by molar-refractivity contribution is 8.13. The Morgan fingerprint density at radius 2 is 2.13 bits per heavy atom. The Kier molecular flexibility index (Phi) is 5.70. The molecule has 2 rings (SSSR count). The first kappa shape index (κ1) is 17.4. The highest BCUT2D eigenvalue weighted by Crippen LogP contribution is 2.23. The quantitative estimate of drug-likeness (QED) is 0.773. The van der Waals surface area contributed by atoms with Crippen molar-refractivity contribution in [1.82, 2.24) is 0 Å². The Labute approximate surface area is 136 Å². The molecule has 0 saturated heterocycles. The molecule has 2 atom stereocenters. The molecule has 1 aromatic heterocycles. The Morgan fingerprint density at radius 3 is 2.78 bits per heavy atom. The van der Waals surface area contributed by atoms with Crippen LogP contribution in [0.15, 0.2) is 33.7 Å². The number of carbonyl (C=O) groups is 2.